The highest BCUT2D eigenvalue weighted by atomic mass is 32.2. The van der Waals surface area contributed by atoms with Crippen LogP contribution in [0.15, 0.2) is 23.2 Å². The van der Waals surface area contributed by atoms with E-state index in [2.05, 4.69) is 5.10 Å². The maximum absolute atomic E-state index is 13.7. The number of nitrogen functional groups attached to an aromatic ring is 1. The van der Waals surface area contributed by atoms with Crippen LogP contribution in [0, 0.1) is 18.6 Å². The van der Waals surface area contributed by atoms with Crippen LogP contribution in [0.5, 0.6) is 0 Å². The van der Waals surface area contributed by atoms with Gasteiger partial charge >= 0.3 is 0 Å². The van der Waals surface area contributed by atoms with E-state index in [0.717, 1.165) is 12.1 Å². The molecule has 0 spiro atoms. The summed E-state index contributed by atoms with van der Waals surface area (Å²) in [6.45, 7) is 3.55. The van der Waals surface area contributed by atoms with Gasteiger partial charge in [0.25, 0.3) is 10.0 Å². The first-order valence-electron chi connectivity index (χ1n) is 6.06. The van der Waals surface area contributed by atoms with E-state index < -0.39 is 27.3 Å². The van der Waals surface area contributed by atoms with Crippen LogP contribution in [0.3, 0.4) is 0 Å². The molecule has 21 heavy (non-hydrogen) atoms. The molecule has 0 aliphatic carbocycles. The third kappa shape index (κ3) is 2.97. The molecule has 114 valence electrons. The molecule has 0 radical (unpaired) electrons. The predicted molar refractivity (Wildman–Crippen MR) is 74.2 cm³/mol. The number of hydrogen-bond donors (Lipinski definition) is 2. The molecule has 1 aromatic carbocycles. The highest BCUT2D eigenvalue weighted by molar-refractivity contribution is 7.92. The van der Waals surface area contributed by atoms with E-state index in [1.165, 1.54) is 17.8 Å². The third-order valence-corrected chi connectivity index (χ3v) is 4.24. The van der Waals surface area contributed by atoms with Gasteiger partial charge in [0.1, 0.15) is 16.5 Å². The number of nitrogens with one attached hydrogen (secondary N) is 1. The molecule has 9 heteroatoms. The van der Waals surface area contributed by atoms with Crippen LogP contribution in [0.4, 0.5) is 20.3 Å². The van der Waals surface area contributed by atoms with Crippen LogP contribution in [0.2, 0.25) is 0 Å². The fraction of sp³-hybridized carbons (Fsp3) is 0.250. The van der Waals surface area contributed by atoms with Crippen LogP contribution in [-0.4, -0.2) is 18.2 Å². The molecule has 1 aromatic heterocycles. The zero-order valence-electron chi connectivity index (χ0n) is 11.4. The minimum absolute atomic E-state index is 0.0776. The first-order chi connectivity index (χ1) is 9.74. The normalized spacial score (nSPS) is 11.6. The Bertz CT molecular complexity index is 787. The molecule has 0 saturated carbocycles. The second-order valence-corrected chi connectivity index (χ2v) is 6.07. The number of hydrogen-bond acceptors (Lipinski definition) is 4. The van der Waals surface area contributed by atoms with Crippen molar-refractivity contribution in [3.8, 4) is 0 Å². The first kappa shape index (κ1) is 15.2. The van der Waals surface area contributed by atoms with Crippen molar-refractivity contribution in [2.75, 3.05) is 10.5 Å². The summed E-state index contributed by atoms with van der Waals surface area (Å²) in [6, 6.07) is 1.69. The summed E-state index contributed by atoms with van der Waals surface area (Å²) in [7, 11) is -4.15. The number of nitrogens with two attached hydrogens (primary N) is 1. The lowest BCUT2D eigenvalue weighted by atomic mass is 10.2. The second kappa shape index (κ2) is 5.32. The number of anilines is 2. The molecule has 0 bridgehead atoms. The van der Waals surface area contributed by atoms with E-state index in [0.29, 0.717) is 6.54 Å². The summed E-state index contributed by atoms with van der Waals surface area (Å²) in [5, 5.41) is 3.80. The fourth-order valence-corrected chi connectivity index (χ4v) is 2.84. The summed E-state index contributed by atoms with van der Waals surface area (Å²) in [5.41, 5.74) is 5.12. The van der Waals surface area contributed by atoms with E-state index in [4.69, 9.17) is 5.73 Å². The monoisotopic (exact) mass is 316 g/mol. The molecule has 0 saturated heterocycles. The van der Waals surface area contributed by atoms with Crippen LogP contribution < -0.4 is 10.5 Å². The number of rotatable bonds is 4. The maximum Gasteiger partial charge on any atom is 0.267 e. The summed E-state index contributed by atoms with van der Waals surface area (Å²) in [6.07, 6.45) is 1.22. The van der Waals surface area contributed by atoms with E-state index in [-0.39, 0.29) is 16.3 Å². The lowest BCUT2D eigenvalue weighted by Crippen LogP contribution is -2.15. The molecule has 0 amide bonds. The molecule has 2 rings (SSSR count). The highest BCUT2D eigenvalue weighted by Crippen LogP contribution is 2.24. The summed E-state index contributed by atoms with van der Waals surface area (Å²) in [4.78, 5) is -0.287. The van der Waals surface area contributed by atoms with Gasteiger partial charge in [0.2, 0.25) is 0 Å². The molecule has 6 nitrogen and oxygen atoms in total. The van der Waals surface area contributed by atoms with Crippen molar-refractivity contribution in [3.05, 3.63) is 35.5 Å². The molecule has 0 unspecified atom stereocenters. The van der Waals surface area contributed by atoms with Crippen LogP contribution >= 0.6 is 0 Å². The Kier molecular flexibility index (Phi) is 3.86. The van der Waals surface area contributed by atoms with Gasteiger partial charge in [0.15, 0.2) is 5.82 Å². The van der Waals surface area contributed by atoms with Gasteiger partial charge in [-0.05, 0) is 25.5 Å². The number of halogens is 2. The number of aromatic nitrogens is 2. The first-order valence-corrected chi connectivity index (χ1v) is 7.54. The summed E-state index contributed by atoms with van der Waals surface area (Å²) < 4.78 is 54.8. The Hall–Kier alpha value is -2.16. The summed E-state index contributed by atoms with van der Waals surface area (Å²) in [5.74, 6) is -1.80. The number of benzene rings is 1. The van der Waals surface area contributed by atoms with E-state index in [1.807, 2.05) is 4.72 Å². The van der Waals surface area contributed by atoms with Gasteiger partial charge in [-0.25, -0.2) is 17.2 Å². The Balaban J connectivity index is 2.42. The standard InChI is InChI=1S/C12H14F2N4O2S/c1-3-18-6-11(12(15)16-18)21(19,20)17-10-5-8(13)7(2)4-9(10)14/h4-6,17H,3H2,1-2H3,(H2,15,16). The molecule has 0 aliphatic rings. The van der Waals surface area contributed by atoms with Crippen molar-refractivity contribution in [2.45, 2.75) is 25.3 Å². The van der Waals surface area contributed by atoms with Gasteiger partial charge in [0, 0.05) is 18.8 Å². The van der Waals surface area contributed by atoms with Crippen molar-refractivity contribution in [3.63, 3.8) is 0 Å². The van der Waals surface area contributed by atoms with E-state index in [9.17, 15) is 17.2 Å². The van der Waals surface area contributed by atoms with Gasteiger partial charge < -0.3 is 5.73 Å². The average Bonchev–Trinajstić information content (AvgIpc) is 2.78. The lowest BCUT2D eigenvalue weighted by Gasteiger charge is -2.09. The highest BCUT2D eigenvalue weighted by Gasteiger charge is 2.23. The quantitative estimate of drug-likeness (QED) is 0.901. The molecule has 1 heterocycles. The molecular formula is C12H14F2N4O2S. The smallest absolute Gasteiger partial charge is 0.267 e. The van der Waals surface area contributed by atoms with E-state index >= 15 is 0 Å². The van der Waals surface area contributed by atoms with Crippen molar-refractivity contribution < 1.29 is 17.2 Å². The lowest BCUT2D eigenvalue weighted by molar-refractivity contribution is 0.590. The SMILES string of the molecule is CCn1cc(S(=O)(=O)Nc2cc(F)c(C)cc2F)c(N)n1. The Morgan fingerprint density at radius 3 is 2.57 bits per heavy atom. The van der Waals surface area contributed by atoms with Crippen LogP contribution in [0.25, 0.3) is 0 Å². The number of nitrogens with zero attached hydrogens (tertiary/aromatic N) is 2. The molecule has 3 N–H and O–H groups in total. The predicted octanol–water partition coefficient (Wildman–Crippen LogP) is 1.87. The van der Waals surface area contributed by atoms with Gasteiger partial charge in [-0.2, -0.15) is 5.10 Å². The third-order valence-electron chi connectivity index (χ3n) is 2.86. The van der Waals surface area contributed by atoms with Crippen molar-refractivity contribution in [1.29, 1.82) is 0 Å². The topological polar surface area (TPSA) is 90.0 Å². The molecule has 0 aliphatic heterocycles. The second-order valence-electron chi connectivity index (χ2n) is 4.42. The number of aryl methyl sites for hydroxylation is 2. The Labute approximate surface area is 120 Å². The molecule has 0 atom stereocenters. The van der Waals surface area contributed by atoms with E-state index in [1.54, 1.807) is 6.92 Å². The minimum Gasteiger partial charge on any atom is -0.381 e. The van der Waals surface area contributed by atoms with Gasteiger partial charge in [0.05, 0.1) is 5.69 Å². The Morgan fingerprint density at radius 2 is 2.00 bits per heavy atom. The maximum atomic E-state index is 13.7. The van der Waals surface area contributed by atoms with Crippen molar-refractivity contribution >= 4 is 21.5 Å². The zero-order chi connectivity index (χ0) is 15.8. The van der Waals surface area contributed by atoms with Gasteiger partial charge in [-0.3, -0.25) is 9.40 Å². The number of sulfonamides is 1. The average molecular weight is 316 g/mol. The summed E-state index contributed by atoms with van der Waals surface area (Å²) >= 11 is 0. The van der Waals surface area contributed by atoms with Crippen molar-refractivity contribution in [2.24, 2.45) is 0 Å². The molecule has 0 fully saturated rings. The van der Waals surface area contributed by atoms with Crippen molar-refractivity contribution in [1.82, 2.24) is 9.78 Å². The Morgan fingerprint density at radius 1 is 1.33 bits per heavy atom. The zero-order valence-corrected chi connectivity index (χ0v) is 12.2. The molecule has 2 aromatic rings. The molecular weight excluding hydrogens is 302 g/mol. The largest absolute Gasteiger partial charge is 0.381 e. The van der Waals surface area contributed by atoms with Crippen LogP contribution in [-0.2, 0) is 16.6 Å². The van der Waals surface area contributed by atoms with Gasteiger partial charge in [-0.15, -0.1) is 0 Å². The fourth-order valence-electron chi connectivity index (χ4n) is 1.71. The minimum atomic E-state index is -4.15. The van der Waals surface area contributed by atoms with Gasteiger partial charge in [-0.1, -0.05) is 0 Å². The van der Waals surface area contributed by atoms with Crippen LogP contribution in [0.1, 0.15) is 12.5 Å².